The van der Waals surface area contributed by atoms with Gasteiger partial charge in [0.2, 0.25) is 0 Å². The number of pyridine rings is 1. The number of hydrogen-bond donors (Lipinski definition) is 0. The van der Waals surface area contributed by atoms with Gasteiger partial charge in [-0.3, -0.25) is 4.98 Å². The van der Waals surface area contributed by atoms with E-state index in [0.29, 0.717) is 0 Å². The van der Waals surface area contributed by atoms with Crippen LogP contribution in [0.25, 0.3) is 65.9 Å². The van der Waals surface area contributed by atoms with Crippen LogP contribution >= 0.6 is 0 Å². The molecule has 0 amide bonds. The van der Waals surface area contributed by atoms with Crippen molar-refractivity contribution in [3.05, 3.63) is 295 Å². The number of fused-ring (bicyclic) bond motifs is 9. The Morgan fingerprint density at radius 3 is 1.62 bits per heavy atom. The SMILES string of the molecule is c1ccc(N(c2ccc3c(c2)C(c2ccccc2)(c2ccccc2)c2cc(-c4ccc(N(c5ccccc5)c5cccc6c5oc5ccccc56)cn4)c4ccccc4c2-3)c2ccc3ccccc3c2)cc1. The van der Waals surface area contributed by atoms with Crippen molar-refractivity contribution in [3.63, 3.8) is 0 Å². The molecule has 0 saturated carbocycles. The van der Waals surface area contributed by atoms with Crippen LogP contribution in [0.3, 0.4) is 0 Å². The number of para-hydroxylation sites is 4. The van der Waals surface area contributed by atoms with Gasteiger partial charge in [-0.25, -0.2) is 0 Å². The molecule has 4 nitrogen and oxygen atoms in total. The molecule has 1 aliphatic carbocycles. The zero-order valence-corrected chi connectivity index (χ0v) is 39.2. The Morgan fingerprint density at radius 1 is 0.347 bits per heavy atom. The third-order valence-electron chi connectivity index (χ3n) is 14.7. The standard InChI is InChI=1S/C68H45N3O/c1-5-22-48(23-6-1)68(49-24-7-2-8-25-49)61-43-53(70(50-26-9-3-10-27-50)52-37-36-46-20-13-14-21-47(46)42-52)38-40-59(61)66-57-32-16-15-30-55(57)60(44-62(66)68)63-41-39-54(45-69-63)71(51-28-11-4-12-29-51)64-34-19-33-58-56-31-17-18-35-65(56)72-67(58)64/h1-45H. The molecule has 0 spiro atoms. The smallest absolute Gasteiger partial charge is 0.159 e. The predicted octanol–water partition coefficient (Wildman–Crippen LogP) is 18.3. The molecule has 11 aromatic carbocycles. The van der Waals surface area contributed by atoms with E-state index in [2.05, 4.69) is 265 Å². The second kappa shape index (κ2) is 16.9. The highest BCUT2D eigenvalue weighted by atomic mass is 16.3. The average molecular weight is 920 g/mol. The number of anilines is 6. The molecule has 4 heteroatoms. The third kappa shape index (κ3) is 6.50. The first-order valence-corrected chi connectivity index (χ1v) is 24.6. The molecule has 1 aliphatic rings. The summed E-state index contributed by atoms with van der Waals surface area (Å²) in [5.74, 6) is 0. The molecule has 0 radical (unpaired) electrons. The summed E-state index contributed by atoms with van der Waals surface area (Å²) in [5, 5.41) is 6.93. The fourth-order valence-electron chi connectivity index (χ4n) is 11.6. The number of hydrogen-bond acceptors (Lipinski definition) is 4. The van der Waals surface area contributed by atoms with E-state index in [4.69, 9.17) is 9.40 Å². The summed E-state index contributed by atoms with van der Waals surface area (Å²) in [5.41, 5.74) is 16.5. The predicted molar refractivity (Wildman–Crippen MR) is 299 cm³/mol. The molecule has 13 aromatic rings. The Balaban J connectivity index is 0.986. The summed E-state index contributed by atoms with van der Waals surface area (Å²) in [4.78, 5) is 10.1. The van der Waals surface area contributed by atoms with E-state index in [9.17, 15) is 0 Å². The fourth-order valence-corrected chi connectivity index (χ4v) is 11.6. The Hall–Kier alpha value is -9.51. The highest BCUT2D eigenvalue weighted by Gasteiger charge is 2.47. The van der Waals surface area contributed by atoms with Crippen LogP contribution in [-0.2, 0) is 5.41 Å². The monoisotopic (exact) mass is 919 g/mol. The zero-order chi connectivity index (χ0) is 47.6. The first-order valence-electron chi connectivity index (χ1n) is 24.6. The van der Waals surface area contributed by atoms with Gasteiger partial charge in [0.1, 0.15) is 5.58 Å². The van der Waals surface area contributed by atoms with Crippen molar-refractivity contribution in [2.45, 2.75) is 5.41 Å². The van der Waals surface area contributed by atoms with Gasteiger partial charge in [0.05, 0.1) is 28.7 Å². The first kappa shape index (κ1) is 41.5. The molecule has 2 heterocycles. The summed E-state index contributed by atoms with van der Waals surface area (Å²) >= 11 is 0. The van der Waals surface area contributed by atoms with Crippen LogP contribution in [-0.4, -0.2) is 4.98 Å². The first-order chi connectivity index (χ1) is 35.7. The molecular formula is C68H45N3O. The van der Waals surface area contributed by atoms with Crippen LogP contribution in [0.4, 0.5) is 34.1 Å². The van der Waals surface area contributed by atoms with Gasteiger partial charge in [0.15, 0.2) is 5.58 Å². The van der Waals surface area contributed by atoms with Gasteiger partial charge in [-0.1, -0.05) is 188 Å². The summed E-state index contributed by atoms with van der Waals surface area (Å²) in [6.07, 6.45) is 2.01. The minimum atomic E-state index is -0.691. The van der Waals surface area contributed by atoms with Crippen molar-refractivity contribution in [1.29, 1.82) is 0 Å². The van der Waals surface area contributed by atoms with E-state index < -0.39 is 5.41 Å². The topological polar surface area (TPSA) is 32.5 Å². The lowest BCUT2D eigenvalue weighted by Gasteiger charge is -2.35. The minimum Gasteiger partial charge on any atom is -0.454 e. The van der Waals surface area contributed by atoms with Gasteiger partial charge in [-0.05, 0) is 134 Å². The van der Waals surface area contributed by atoms with Crippen molar-refractivity contribution in [3.8, 4) is 22.4 Å². The van der Waals surface area contributed by atoms with Gasteiger partial charge in [-0.2, -0.15) is 0 Å². The largest absolute Gasteiger partial charge is 0.454 e. The van der Waals surface area contributed by atoms with Crippen molar-refractivity contribution < 1.29 is 4.42 Å². The molecule has 338 valence electrons. The molecule has 14 rings (SSSR count). The van der Waals surface area contributed by atoms with E-state index >= 15 is 0 Å². The summed E-state index contributed by atoms with van der Waals surface area (Å²) < 4.78 is 6.63. The zero-order valence-electron chi connectivity index (χ0n) is 39.2. The lowest BCUT2D eigenvalue weighted by Crippen LogP contribution is -2.29. The fraction of sp³-hybridized carbons (Fsp3) is 0.0147. The Bertz CT molecular complexity index is 4110. The van der Waals surface area contributed by atoms with Gasteiger partial charge in [0, 0.05) is 39.1 Å². The molecule has 0 atom stereocenters. The summed E-state index contributed by atoms with van der Waals surface area (Å²) in [6, 6.07) is 96.3. The van der Waals surface area contributed by atoms with Crippen molar-refractivity contribution in [2.75, 3.05) is 9.80 Å². The quantitative estimate of drug-likeness (QED) is 0.144. The van der Waals surface area contributed by atoms with E-state index in [0.717, 1.165) is 72.7 Å². The van der Waals surface area contributed by atoms with E-state index in [1.165, 1.54) is 49.5 Å². The Kier molecular flexibility index (Phi) is 9.71. The molecule has 0 aliphatic heterocycles. The number of rotatable bonds is 9. The minimum absolute atomic E-state index is 0.691. The van der Waals surface area contributed by atoms with E-state index in [-0.39, 0.29) is 0 Å². The molecule has 0 bridgehead atoms. The number of nitrogens with zero attached hydrogens (tertiary/aromatic N) is 3. The highest BCUT2D eigenvalue weighted by molar-refractivity contribution is 6.12. The molecule has 0 saturated heterocycles. The van der Waals surface area contributed by atoms with Crippen LogP contribution in [0.1, 0.15) is 22.3 Å². The van der Waals surface area contributed by atoms with Crippen LogP contribution in [0.15, 0.2) is 278 Å². The number of benzene rings is 11. The maximum Gasteiger partial charge on any atom is 0.159 e. The highest BCUT2D eigenvalue weighted by Crippen LogP contribution is 2.60. The van der Waals surface area contributed by atoms with Gasteiger partial charge < -0.3 is 14.2 Å². The summed E-state index contributed by atoms with van der Waals surface area (Å²) in [7, 11) is 0. The van der Waals surface area contributed by atoms with Gasteiger partial charge in [0.25, 0.3) is 0 Å². The average Bonchev–Trinajstić information content (AvgIpc) is 3.99. The van der Waals surface area contributed by atoms with Crippen LogP contribution in [0.2, 0.25) is 0 Å². The normalized spacial score (nSPS) is 12.6. The number of aromatic nitrogens is 1. The maximum absolute atomic E-state index is 6.63. The second-order valence-corrected chi connectivity index (χ2v) is 18.6. The summed E-state index contributed by atoms with van der Waals surface area (Å²) in [6.45, 7) is 0. The Morgan fingerprint density at radius 2 is 0.917 bits per heavy atom. The lowest BCUT2D eigenvalue weighted by atomic mass is 9.67. The van der Waals surface area contributed by atoms with Crippen molar-refractivity contribution >= 4 is 77.6 Å². The van der Waals surface area contributed by atoms with Crippen LogP contribution in [0, 0.1) is 0 Å². The molecular weight excluding hydrogens is 875 g/mol. The molecule has 0 N–H and O–H groups in total. The Labute approximate surface area is 418 Å². The molecule has 0 fully saturated rings. The third-order valence-corrected chi connectivity index (χ3v) is 14.7. The molecule has 2 aromatic heterocycles. The van der Waals surface area contributed by atoms with E-state index in [1.54, 1.807) is 0 Å². The van der Waals surface area contributed by atoms with Gasteiger partial charge >= 0.3 is 0 Å². The van der Waals surface area contributed by atoms with Crippen LogP contribution < -0.4 is 9.80 Å². The van der Waals surface area contributed by atoms with Gasteiger partial charge in [-0.15, -0.1) is 0 Å². The van der Waals surface area contributed by atoms with Crippen molar-refractivity contribution in [1.82, 2.24) is 4.98 Å². The number of furan rings is 1. The van der Waals surface area contributed by atoms with E-state index in [1.807, 2.05) is 18.3 Å². The molecule has 0 unspecified atom stereocenters. The van der Waals surface area contributed by atoms with Crippen LogP contribution in [0.5, 0.6) is 0 Å². The maximum atomic E-state index is 6.63. The second-order valence-electron chi connectivity index (χ2n) is 18.6. The van der Waals surface area contributed by atoms with Crippen molar-refractivity contribution in [2.24, 2.45) is 0 Å². The lowest BCUT2D eigenvalue weighted by molar-refractivity contribution is 0.669. The molecule has 72 heavy (non-hydrogen) atoms.